The van der Waals surface area contributed by atoms with Crippen molar-refractivity contribution < 1.29 is 19.0 Å². The zero-order valence-electron chi connectivity index (χ0n) is 14.6. The molecular formula is C19H19N3O4. The number of carbonyl (C=O) groups excluding carboxylic acids is 1. The number of hydrogen-bond donors (Lipinski definition) is 1. The molecular weight excluding hydrogens is 334 g/mol. The number of rotatable bonds is 7. The van der Waals surface area contributed by atoms with Gasteiger partial charge in [-0.25, -0.2) is 4.79 Å². The average molecular weight is 353 g/mol. The van der Waals surface area contributed by atoms with Gasteiger partial charge in [0, 0.05) is 0 Å². The molecule has 7 heteroatoms. The molecule has 0 radical (unpaired) electrons. The number of nitrogens with one attached hydrogen (secondary N) is 1. The molecule has 1 heterocycles. The monoisotopic (exact) mass is 353 g/mol. The third-order valence-corrected chi connectivity index (χ3v) is 3.69. The molecule has 134 valence electrons. The lowest BCUT2D eigenvalue weighted by Gasteiger charge is -2.11. The largest absolute Gasteiger partial charge is 0.496 e. The Kier molecular flexibility index (Phi) is 5.48. The fourth-order valence-corrected chi connectivity index (χ4v) is 2.46. The number of ether oxygens (including phenoxy) is 3. The molecule has 0 aliphatic rings. The number of esters is 1. The fourth-order valence-electron chi connectivity index (χ4n) is 2.46. The van der Waals surface area contributed by atoms with E-state index in [1.807, 2.05) is 30.3 Å². The molecule has 26 heavy (non-hydrogen) atoms. The first kappa shape index (κ1) is 17.5. The molecule has 0 spiro atoms. The summed E-state index contributed by atoms with van der Waals surface area (Å²) in [5.74, 6) is 0.632. The van der Waals surface area contributed by atoms with Crippen LogP contribution in [0.1, 0.15) is 23.0 Å². The quantitative estimate of drug-likeness (QED) is 0.656. The van der Waals surface area contributed by atoms with E-state index in [2.05, 4.69) is 15.4 Å². The Morgan fingerprint density at radius 2 is 1.92 bits per heavy atom. The van der Waals surface area contributed by atoms with Gasteiger partial charge in [-0.2, -0.15) is 10.3 Å². The van der Waals surface area contributed by atoms with Crippen LogP contribution >= 0.6 is 0 Å². The van der Waals surface area contributed by atoms with Gasteiger partial charge in [0.25, 0.3) is 0 Å². The van der Waals surface area contributed by atoms with Crippen molar-refractivity contribution in [3.8, 4) is 22.8 Å². The van der Waals surface area contributed by atoms with Crippen LogP contribution in [0.5, 0.6) is 11.5 Å². The summed E-state index contributed by atoms with van der Waals surface area (Å²) in [7, 11) is 1.55. The highest BCUT2D eigenvalue weighted by atomic mass is 16.5. The number of aromatic amines is 1. The maximum atomic E-state index is 12.1. The molecule has 0 fully saturated rings. The van der Waals surface area contributed by atoms with E-state index in [4.69, 9.17) is 14.2 Å². The van der Waals surface area contributed by atoms with E-state index in [9.17, 15) is 4.79 Å². The highest BCUT2D eigenvalue weighted by Gasteiger charge is 2.22. The Morgan fingerprint density at radius 1 is 1.12 bits per heavy atom. The maximum absolute atomic E-state index is 12.1. The summed E-state index contributed by atoms with van der Waals surface area (Å²) in [6.45, 7) is 2.41. The summed E-state index contributed by atoms with van der Waals surface area (Å²) in [4.78, 5) is 12.1. The number of carbonyl (C=O) groups is 1. The molecule has 0 bridgehead atoms. The van der Waals surface area contributed by atoms with Crippen LogP contribution < -0.4 is 9.47 Å². The normalized spacial score (nSPS) is 10.4. The van der Waals surface area contributed by atoms with Crippen LogP contribution in [0, 0.1) is 0 Å². The van der Waals surface area contributed by atoms with Gasteiger partial charge in [-0.05, 0) is 30.7 Å². The third kappa shape index (κ3) is 3.83. The Morgan fingerprint density at radius 3 is 2.65 bits per heavy atom. The summed E-state index contributed by atoms with van der Waals surface area (Å²) in [5, 5.41) is 10.5. The van der Waals surface area contributed by atoms with Crippen LogP contribution in [0.4, 0.5) is 0 Å². The minimum atomic E-state index is -0.547. The molecule has 0 saturated carbocycles. The second-order valence-corrected chi connectivity index (χ2v) is 5.38. The SMILES string of the molecule is CCOC(=O)c1n[nH]nc1-c1cc(OCc2ccccc2)ccc1OC. The molecule has 3 aromatic rings. The summed E-state index contributed by atoms with van der Waals surface area (Å²) >= 11 is 0. The topological polar surface area (TPSA) is 86.3 Å². The van der Waals surface area contributed by atoms with E-state index in [1.165, 1.54) is 0 Å². The van der Waals surface area contributed by atoms with Gasteiger partial charge in [-0.3, -0.25) is 0 Å². The fraction of sp³-hybridized carbons (Fsp3) is 0.211. The summed E-state index contributed by atoms with van der Waals surface area (Å²) in [5.41, 5.74) is 2.10. The van der Waals surface area contributed by atoms with Crippen molar-refractivity contribution >= 4 is 5.97 Å². The van der Waals surface area contributed by atoms with Gasteiger partial charge in [-0.1, -0.05) is 30.3 Å². The Balaban J connectivity index is 1.89. The van der Waals surface area contributed by atoms with E-state index in [-0.39, 0.29) is 12.3 Å². The van der Waals surface area contributed by atoms with E-state index >= 15 is 0 Å². The number of aromatic nitrogens is 3. The first-order chi connectivity index (χ1) is 12.7. The Labute approximate surface area is 150 Å². The van der Waals surface area contributed by atoms with Gasteiger partial charge in [0.1, 0.15) is 23.8 Å². The number of nitrogens with zero attached hydrogens (tertiary/aromatic N) is 2. The number of benzene rings is 2. The van der Waals surface area contributed by atoms with Gasteiger partial charge in [0.15, 0.2) is 5.69 Å². The predicted octanol–water partition coefficient (Wildman–Crippen LogP) is 3.24. The molecule has 1 N–H and O–H groups in total. The molecule has 0 amide bonds. The highest BCUT2D eigenvalue weighted by Crippen LogP contribution is 2.34. The van der Waals surface area contributed by atoms with Crippen molar-refractivity contribution in [3.05, 3.63) is 59.8 Å². The van der Waals surface area contributed by atoms with Crippen molar-refractivity contribution in [3.63, 3.8) is 0 Å². The van der Waals surface area contributed by atoms with Crippen molar-refractivity contribution in [2.45, 2.75) is 13.5 Å². The smallest absolute Gasteiger partial charge is 0.361 e. The first-order valence-corrected chi connectivity index (χ1v) is 8.16. The zero-order valence-corrected chi connectivity index (χ0v) is 14.6. The van der Waals surface area contributed by atoms with Gasteiger partial charge in [0.2, 0.25) is 0 Å². The van der Waals surface area contributed by atoms with Gasteiger partial charge >= 0.3 is 5.97 Å². The van der Waals surface area contributed by atoms with Crippen LogP contribution in [0.2, 0.25) is 0 Å². The third-order valence-electron chi connectivity index (χ3n) is 3.69. The van der Waals surface area contributed by atoms with E-state index in [0.29, 0.717) is 29.4 Å². The van der Waals surface area contributed by atoms with E-state index in [0.717, 1.165) is 5.56 Å². The van der Waals surface area contributed by atoms with Gasteiger partial charge < -0.3 is 14.2 Å². The zero-order chi connectivity index (χ0) is 18.4. The molecule has 0 atom stereocenters. The molecule has 0 aliphatic heterocycles. The molecule has 0 saturated heterocycles. The molecule has 7 nitrogen and oxygen atoms in total. The molecule has 1 aromatic heterocycles. The van der Waals surface area contributed by atoms with Crippen LogP contribution in [0.3, 0.4) is 0 Å². The lowest BCUT2D eigenvalue weighted by molar-refractivity contribution is 0.0520. The number of H-pyrrole nitrogens is 1. The lowest BCUT2D eigenvalue weighted by Crippen LogP contribution is -2.07. The summed E-state index contributed by atoms with van der Waals surface area (Å²) in [6, 6.07) is 15.2. The minimum absolute atomic E-state index is 0.102. The second kappa shape index (κ2) is 8.15. The summed E-state index contributed by atoms with van der Waals surface area (Å²) in [6.07, 6.45) is 0. The van der Waals surface area contributed by atoms with E-state index < -0.39 is 5.97 Å². The maximum Gasteiger partial charge on any atom is 0.361 e. The Hall–Kier alpha value is -3.35. The molecule has 2 aromatic carbocycles. The predicted molar refractivity (Wildman–Crippen MR) is 95.1 cm³/mol. The second-order valence-electron chi connectivity index (χ2n) is 5.38. The minimum Gasteiger partial charge on any atom is -0.496 e. The van der Waals surface area contributed by atoms with Crippen LogP contribution in [-0.2, 0) is 11.3 Å². The number of methoxy groups -OCH3 is 1. The van der Waals surface area contributed by atoms with Gasteiger partial charge in [-0.15, -0.1) is 5.10 Å². The first-order valence-electron chi connectivity index (χ1n) is 8.16. The summed E-state index contributed by atoms with van der Waals surface area (Å²) < 4.78 is 16.3. The van der Waals surface area contributed by atoms with Crippen molar-refractivity contribution in [1.29, 1.82) is 0 Å². The standard InChI is InChI=1S/C19H19N3O4/c1-3-25-19(23)18-17(20-22-21-18)15-11-14(9-10-16(15)24-2)26-12-13-7-5-4-6-8-13/h4-11H,3,12H2,1-2H3,(H,20,21,22). The van der Waals surface area contributed by atoms with Crippen molar-refractivity contribution in [2.75, 3.05) is 13.7 Å². The molecule has 3 rings (SSSR count). The molecule has 0 unspecified atom stereocenters. The van der Waals surface area contributed by atoms with Crippen LogP contribution in [0.25, 0.3) is 11.3 Å². The highest BCUT2D eigenvalue weighted by molar-refractivity contribution is 5.94. The van der Waals surface area contributed by atoms with Gasteiger partial charge in [0.05, 0.1) is 19.3 Å². The average Bonchev–Trinajstić information content (AvgIpc) is 3.17. The molecule has 0 aliphatic carbocycles. The lowest BCUT2D eigenvalue weighted by atomic mass is 10.1. The Bertz CT molecular complexity index is 878. The van der Waals surface area contributed by atoms with Crippen LogP contribution in [0.15, 0.2) is 48.5 Å². The van der Waals surface area contributed by atoms with Crippen molar-refractivity contribution in [2.24, 2.45) is 0 Å². The number of hydrogen-bond acceptors (Lipinski definition) is 6. The van der Waals surface area contributed by atoms with Crippen LogP contribution in [-0.4, -0.2) is 35.1 Å². The van der Waals surface area contributed by atoms with Crippen molar-refractivity contribution in [1.82, 2.24) is 15.4 Å². The van der Waals surface area contributed by atoms with E-state index in [1.54, 1.807) is 32.2 Å².